The maximum Gasteiger partial charge on any atom is 0.323 e. The third-order valence-corrected chi connectivity index (χ3v) is 21.2. The van der Waals surface area contributed by atoms with Crippen molar-refractivity contribution in [3.8, 4) is 0 Å². The number of nitrogens with one attached hydrogen (secondary N) is 1. The van der Waals surface area contributed by atoms with Crippen molar-refractivity contribution >= 4 is 51.6 Å². The van der Waals surface area contributed by atoms with Crippen molar-refractivity contribution in [2.75, 3.05) is 118 Å². The van der Waals surface area contributed by atoms with Crippen LogP contribution in [0.5, 0.6) is 0 Å². The predicted molar refractivity (Wildman–Crippen MR) is 396 cm³/mol. The second-order valence-electron chi connectivity index (χ2n) is 27.4. The number of carbonyl (C=O) groups is 6. The summed E-state index contributed by atoms with van der Waals surface area (Å²) in [4.78, 5) is 83.2. The maximum atomic E-state index is 12.2. The highest BCUT2D eigenvalue weighted by atomic mass is 79.9. The van der Waals surface area contributed by atoms with Gasteiger partial charge in [-0.15, -0.1) is 0 Å². The minimum absolute atomic E-state index is 0.0186. The summed E-state index contributed by atoms with van der Waals surface area (Å²) in [6.45, 7) is 15.1. The third kappa shape index (κ3) is 26.9. The summed E-state index contributed by atoms with van der Waals surface area (Å²) in [6, 6.07) is 30.3. The summed E-state index contributed by atoms with van der Waals surface area (Å²) < 4.78 is 31.1. The molecule has 12 rings (SSSR count). The number of aliphatic hydroxyl groups excluding tert-OH is 8. The van der Waals surface area contributed by atoms with Crippen molar-refractivity contribution in [3.63, 3.8) is 0 Å². The number of carbonyl (C=O) groups excluding carboxylic acids is 6. The smallest absolute Gasteiger partial charge is 0.323 e. The van der Waals surface area contributed by atoms with Crippen LogP contribution in [0.25, 0.3) is 0 Å². The Kier molecular flexibility index (Phi) is 40.9. The summed E-state index contributed by atoms with van der Waals surface area (Å²) in [5.41, 5.74) is 3.36. The summed E-state index contributed by atoms with van der Waals surface area (Å²) >= 11 is 3.08. The van der Waals surface area contributed by atoms with Crippen molar-refractivity contribution < 1.29 is 98.0 Å². The van der Waals surface area contributed by atoms with Gasteiger partial charge in [0.1, 0.15) is 30.8 Å². The van der Waals surface area contributed by atoms with Crippen LogP contribution >= 0.6 is 15.9 Å². The van der Waals surface area contributed by atoms with Crippen LogP contribution in [0.4, 0.5) is 0 Å². The SMILES string of the molecule is CCOC(=O)C1CCC(C(=O)OCC)N1Cc1ccccc1.CCOC(=O)[C@H]1CC[C@@H](C(=O)OCC)N1Cc1ccccc1.O=C(CBr)N1C(CO)CCC1CO.O=C1COCC2CCC(CO)N12.OCC1CCC(CO)N1.OCC1CCC(CO)N1Cc1ccccc1.OCC1CCC2COCCN12. The van der Waals surface area contributed by atoms with E-state index in [1.54, 1.807) is 37.5 Å². The number of halogens is 1. The Balaban J connectivity index is 0.000000196. The van der Waals surface area contributed by atoms with Crippen LogP contribution in [0.15, 0.2) is 91.0 Å². The fraction of sp³-hybridized carbons (Fsp3) is 0.688. The molecule has 9 aliphatic rings. The highest BCUT2D eigenvalue weighted by molar-refractivity contribution is 9.09. The van der Waals surface area contributed by atoms with Crippen molar-refractivity contribution in [2.45, 2.75) is 222 Å². The number of alkyl halides is 1. The molecule has 0 aliphatic carbocycles. The molecule has 3 aromatic rings. The zero-order valence-electron chi connectivity index (χ0n) is 62.0. The predicted octanol–water partition coefficient (Wildman–Crippen LogP) is 3.32. The molecular formula is C77H120BrN7O20. The number of morpholine rings is 2. The van der Waals surface area contributed by atoms with Gasteiger partial charge in [0.15, 0.2) is 0 Å². The molecule has 12 unspecified atom stereocenters. The number of rotatable bonds is 23. The van der Waals surface area contributed by atoms with E-state index >= 15 is 0 Å². The van der Waals surface area contributed by atoms with Gasteiger partial charge in [0.25, 0.3) is 0 Å². The minimum Gasteiger partial charge on any atom is -0.465 e. The number of likely N-dealkylation sites (tertiary alicyclic amines) is 4. The number of nitrogens with zero attached hydrogens (tertiary/aromatic N) is 6. The standard InChI is InChI=1S/2C17H23NO4.C13H19NO2.C8H14BrNO3.C8H13NO3.C8H15NO2.C6H13NO2/c2*1-3-21-16(19)14-10-11-15(17(20)22-4-2)18(14)12-13-8-6-5-7-9-13;15-9-12-6-7-13(10-16)14(12)8-11-4-2-1-3-5-11;9-3-8(13)10-6(4-11)1-2-7(10)5-12;10-3-6-1-2-7-4-12-5-8(11)9(6)7;10-5-7-1-2-8-6-11-4-3-9(7)8;8-3-5-1-2-6(4-9)7-5/h2*5-9,14-15H,3-4,10-12H2,1-2H3;1-5,12-13,15-16H,6-10H2;6-7,11-12H,1-5H2;6-7,10H,1-5H2;7-8,10H,1-6H2;5-9H,1-4H2/t14-,15+;;;;;;. The molecular weight excluding hydrogens is 1420 g/mol. The Hall–Kier alpha value is -5.64. The maximum absolute atomic E-state index is 12.2. The van der Waals surface area contributed by atoms with E-state index < -0.39 is 0 Å². The molecule has 9 aliphatic heterocycles. The van der Waals surface area contributed by atoms with Crippen LogP contribution in [-0.4, -0.2) is 308 Å². The van der Waals surface area contributed by atoms with Crippen molar-refractivity contribution in [1.82, 2.24) is 34.7 Å². The van der Waals surface area contributed by atoms with Gasteiger partial charge in [-0.3, -0.25) is 48.4 Å². The lowest BCUT2D eigenvalue weighted by Crippen LogP contribution is -2.50. The van der Waals surface area contributed by atoms with Gasteiger partial charge >= 0.3 is 23.9 Å². The van der Waals surface area contributed by atoms with Crippen LogP contribution in [0.1, 0.15) is 134 Å². The average Bonchev–Trinajstić information content (AvgIpc) is 1.68. The van der Waals surface area contributed by atoms with Crippen LogP contribution in [-0.2, 0) is 76.8 Å². The van der Waals surface area contributed by atoms with Gasteiger partial charge in [-0.2, -0.15) is 0 Å². The van der Waals surface area contributed by atoms with Gasteiger partial charge in [0.2, 0.25) is 11.8 Å². The molecule has 0 spiro atoms. The zero-order chi connectivity index (χ0) is 76.0. The highest BCUT2D eigenvalue weighted by Crippen LogP contribution is 2.32. The second-order valence-corrected chi connectivity index (χ2v) is 28.0. The van der Waals surface area contributed by atoms with Gasteiger partial charge in [0.05, 0.1) is 129 Å². The number of hydrogen-bond acceptors (Lipinski definition) is 25. The molecule has 2 amide bonds. The number of amides is 2. The lowest BCUT2D eigenvalue weighted by Gasteiger charge is -2.33. The van der Waals surface area contributed by atoms with E-state index in [1.807, 2.05) is 88.7 Å². The van der Waals surface area contributed by atoms with Crippen molar-refractivity contribution in [1.29, 1.82) is 0 Å². The number of ether oxygens (including phenoxy) is 6. The molecule has 0 saturated carbocycles. The number of hydrogen-bond donors (Lipinski definition) is 9. The highest BCUT2D eigenvalue weighted by Gasteiger charge is 2.45. The van der Waals surface area contributed by atoms with Crippen LogP contribution in [0.3, 0.4) is 0 Å². The van der Waals surface area contributed by atoms with E-state index in [9.17, 15) is 39.0 Å². The molecule has 28 heteroatoms. The molecule has 590 valence electrons. The summed E-state index contributed by atoms with van der Waals surface area (Å²) in [6.07, 6.45) is 12.2. The first-order chi connectivity index (χ1) is 51.0. The van der Waals surface area contributed by atoms with E-state index in [0.29, 0.717) is 90.5 Å². The van der Waals surface area contributed by atoms with Gasteiger partial charge < -0.3 is 84.4 Å². The Bertz CT molecular complexity index is 2770. The largest absolute Gasteiger partial charge is 0.465 e. The van der Waals surface area contributed by atoms with E-state index in [-0.39, 0.29) is 166 Å². The average molecular weight is 1540 g/mol. The van der Waals surface area contributed by atoms with E-state index in [2.05, 4.69) is 43.2 Å². The van der Waals surface area contributed by atoms with Gasteiger partial charge in [-0.05, 0) is 134 Å². The molecule has 0 radical (unpaired) electrons. The van der Waals surface area contributed by atoms with Crippen LogP contribution in [0, 0.1) is 0 Å². The molecule has 0 bridgehead atoms. The lowest BCUT2D eigenvalue weighted by atomic mass is 10.2. The first-order valence-corrected chi connectivity index (χ1v) is 38.9. The molecule has 9 N–H and O–H groups in total. The lowest BCUT2D eigenvalue weighted by molar-refractivity contribution is -0.155. The summed E-state index contributed by atoms with van der Waals surface area (Å²) in [5, 5.41) is 75.2. The molecule has 27 nitrogen and oxygen atoms in total. The first-order valence-electron chi connectivity index (χ1n) is 37.8. The summed E-state index contributed by atoms with van der Waals surface area (Å²) in [5.74, 6) is -1.07. The Morgan fingerprint density at radius 3 is 1.14 bits per heavy atom. The molecule has 0 aromatic heterocycles. The second kappa shape index (κ2) is 48.7. The Morgan fingerprint density at radius 1 is 0.429 bits per heavy atom. The quantitative estimate of drug-likeness (QED) is 0.0373. The monoisotopic (exact) mass is 1540 g/mol. The van der Waals surface area contributed by atoms with Crippen molar-refractivity contribution in [2.24, 2.45) is 0 Å². The molecule has 9 heterocycles. The summed E-state index contributed by atoms with van der Waals surface area (Å²) in [7, 11) is 0. The van der Waals surface area contributed by atoms with Gasteiger partial charge in [0, 0.05) is 62.4 Å². The van der Waals surface area contributed by atoms with E-state index in [0.717, 1.165) is 95.2 Å². The van der Waals surface area contributed by atoms with Gasteiger partial charge in [-0.1, -0.05) is 107 Å². The minimum atomic E-state index is -0.380. The van der Waals surface area contributed by atoms with Crippen molar-refractivity contribution in [3.05, 3.63) is 108 Å². The first kappa shape index (κ1) is 88.3. The number of esters is 4. The Labute approximate surface area is 628 Å². The number of benzene rings is 3. The molecule has 14 atom stereocenters. The number of aliphatic hydroxyl groups is 8. The fourth-order valence-corrected chi connectivity index (χ4v) is 15.7. The van der Waals surface area contributed by atoms with E-state index in [1.165, 1.54) is 12.0 Å². The van der Waals surface area contributed by atoms with Crippen LogP contribution in [0.2, 0.25) is 0 Å². The normalized spacial score (nSPS) is 27.6. The molecule has 105 heavy (non-hydrogen) atoms. The Morgan fingerprint density at radius 2 is 0.781 bits per heavy atom. The molecule has 9 fully saturated rings. The third-order valence-electron chi connectivity index (χ3n) is 20.7. The van der Waals surface area contributed by atoms with Crippen LogP contribution < -0.4 is 5.32 Å². The zero-order valence-corrected chi connectivity index (χ0v) is 63.6. The topological polar surface area (TPSA) is 351 Å². The molecule has 3 aromatic carbocycles. The number of fused-ring (bicyclic) bond motifs is 2. The fourth-order valence-electron chi connectivity index (χ4n) is 15.4. The van der Waals surface area contributed by atoms with Gasteiger partial charge in [-0.25, -0.2) is 0 Å². The molecule has 9 saturated heterocycles. The van der Waals surface area contributed by atoms with E-state index in [4.69, 9.17) is 59.1 Å².